The number of rotatable bonds is 4. The Morgan fingerprint density at radius 1 is 1.74 bits per heavy atom. The van der Waals surface area contributed by atoms with Gasteiger partial charge in [-0.05, 0) is 5.16 Å². The lowest BCUT2D eigenvalue weighted by Crippen LogP contribution is -2.33. The molecule has 9 heteroatoms. The summed E-state index contributed by atoms with van der Waals surface area (Å²) in [5.41, 5.74) is 0. The standard InChI is InChI=1S/C10H8N2O5S2/c1-16-7-3-5(17-11-7)2-6-9(15)12(4-8(13)14)10(18)19-6/h2-3H,4H2,1H3,(H,13,14). The maximum absolute atomic E-state index is 11.9. The van der Waals surface area contributed by atoms with Crippen molar-refractivity contribution in [3.63, 3.8) is 0 Å². The highest BCUT2D eigenvalue weighted by Gasteiger charge is 2.33. The summed E-state index contributed by atoms with van der Waals surface area (Å²) >= 11 is 5.96. The topological polar surface area (TPSA) is 92.9 Å². The van der Waals surface area contributed by atoms with E-state index < -0.39 is 18.4 Å². The normalized spacial score (nSPS) is 17.3. The lowest BCUT2D eigenvalue weighted by atomic mass is 10.3. The van der Waals surface area contributed by atoms with Crippen LogP contribution in [0.25, 0.3) is 6.08 Å². The van der Waals surface area contributed by atoms with E-state index in [-0.39, 0.29) is 15.1 Å². The van der Waals surface area contributed by atoms with Gasteiger partial charge in [0.25, 0.3) is 11.8 Å². The molecule has 1 fully saturated rings. The first-order valence-electron chi connectivity index (χ1n) is 4.99. The Bertz CT molecular complexity index is 580. The highest BCUT2D eigenvalue weighted by molar-refractivity contribution is 8.26. The molecule has 1 aliphatic rings. The summed E-state index contributed by atoms with van der Waals surface area (Å²) in [5, 5.41) is 12.3. The van der Waals surface area contributed by atoms with Gasteiger partial charge >= 0.3 is 5.97 Å². The molecule has 0 spiro atoms. The van der Waals surface area contributed by atoms with Gasteiger partial charge in [-0.3, -0.25) is 14.5 Å². The van der Waals surface area contributed by atoms with E-state index in [2.05, 4.69) is 5.16 Å². The summed E-state index contributed by atoms with van der Waals surface area (Å²) in [6, 6.07) is 1.50. The van der Waals surface area contributed by atoms with Crippen molar-refractivity contribution in [2.75, 3.05) is 13.7 Å². The zero-order chi connectivity index (χ0) is 14.0. The van der Waals surface area contributed by atoms with Crippen LogP contribution in [0.15, 0.2) is 15.5 Å². The Labute approximate surface area is 117 Å². The van der Waals surface area contributed by atoms with Crippen LogP contribution in [0.4, 0.5) is 0 Å². The van der Waals surface area contributed by atoms with Crippen LogP contribution in [0.5, 0.6) is 5.88 Å². The zero-order valence-corrected chi connectivity index (χ0v) is 11.3. The molecule has 1 aliphatic heterocycles. The number of carbonyl (C=O) groups is 2. The molecule has 0 radical (unpaired) electrons. The lowest BCUT2D eigenvalue weighted by molar-refractivity contribution is -0.140. The molecule has 0 aliphatic carbocycles. The summed E-state index contributed by atoms with van der Waals surface area (Å²) in [7, 11) is 1.44. The quantitative estimate of drug-likeness (QED) is 0.649. The van der Waals surface area contributed by atoms with Gasteiger partial charge < -0.3 is 14.4 Å². The summed E-state index contributed by atoms with van der Waals surface area (Å²) in [4.78, 5) is 23.8. The van der Waals surface area contributed by atoms with E-state index in [1.807, 2.05) is 0 Å². The molecule has 0 saturated carbocycles. The number of carboxylic acid groups (broad SMARTS) is 1. The molecular formula is C10H8N2O5S2. The smallest absolute Gasteiger partial charge is 0.323 e. The van der Waals surface area contributed by atoms with Crippen LogP contribution in [0, 0.1) is 0 Å². The Hall–Kier alpha value is -1.87. The molecule has 0 atom stereocenters. The molecule has 1 amide bonds. The van der Waals surface area contributed by atoms with Crippen molar-refractivity contribution in [3.05, 3.63) is 16.7 Å². The Morgan fingerprint density at radius 2 is 2.47 bits per heavy atom. The van der Waals surface area contributed by atoms with Crippen LogP contribution in [-0.4, -0.2) is 45.0 Å². The van der Waals surface area contributed by atoms with Crippen molar-refractivity contribution in [1.82, 2.24) is 10.1 Å². The number of hydrogen-bond donors (Lipinski definition) is 1. The predicted octanol–water partition coefficient (Wildman–Crippen LogP) is 0.969. The van der Waals surface area contributed by atoms with Crippen LogP contribution in [-0.2, 0) is 9.59 Å². The SMILES string of the molecule is COc1cc(C=C2SC(=S)N(CC(=O)O)C2=O)on1. The maximum Gasteiger partial charge on any atom is 0.323 e. The van der Waals surface area contributed by atoms with Gasteiger partial charge in [-0.25, -0.2) is 0 Å². The van der Waals surface area contributed by atoms with E-state index in [0.29, 0.717) is 5.76 Å². The van der Waals surface area contributed by atoms with Gasteiger partial charge in [0.1, 0.15) is 10.9 Å². The van der Waals surface area contributed by atoms with Gasteiger partial charge in [-0.1, -0.05) is 24.0 Å². The van der Waals surface area contributed by atoms with Gasteiger partial charge in [0.15, 0.2) is 5.76 Å². The molecule has 1 aromatic rings. The number of thioether (sulfide) groups is 1. The minimum Gasteiger partial charge on any atom is -0.480 e. The minimum atomic E-state index is -1.13. The predicted molar refractivity (Wildman–Crippen MR) is 70.6 cm³/mol. The third kappa shape index (κ3) is 2.93. The van der Waals surface area contributed by atoms with Gasteiger partial charge in [-0.15, -0.1) is 0 Å². The molecule has 100 valence electrons. The highest BCUT2D eigenvalue weighted by Crippen LogP contribution is 2.32. The summed E-state index contributed by atoms with van der Waals surface area (Å²) in [5.74, 6) is -0.980. The first kappa shape index (κ1) is 13.6. The molecule has 1 aromatic heterocycles. The summed E-state index contributed by atoms with van der Waals surface area (Å²) in [6.07, 6.45) is 1.44. The fraction of sp³-hybridized carbons (Fsp3) is 0.200. The van der Waals surface area contributed by atoms with E-state index in [1.165, 1.54) is 19.3 Å². The number of hydrogen-bond acceptors (Lipinski definition) is 7. The van der Waals surface area contributed by atoms with Crippen LogP contribution < -0.4 is 4.74 Å². The number of amides is 1. The van der Waals surface area contributed by atoms with Gasteiger partial charge in [-0.2, -0.15) is 0 Å². The number of carboxylic acids is 1. The van der Waals surface area contributed by atoms with Crippen LogP contribution in [0.2, 0.25) is 0 Å². The monoisotopic (exact) mass is 300 g/mol. The van der Waals surface area contributed by atoms with Gasteiger partial charge in [0, 0.05) is 12.1 Å². The molecule has 1 saturated heterocycles. The van der Waals surface area contributed by atoms with Crippen molar-refractivity contribution >= 4 is 46.3 Å². The van der Waals surface area contributed by atoms with Crippen molar-refractivity contribution in [2.45, 2.75) is 0 Å². The number of ether oxygens (including phenoxy) is 1. The first-order valence-corrected chi connectivity index (χ1v) is 6.21. The van der Waals surface area contributed by atoms with Gasteiger partial charge in [0.2, 0.25) is 0 Å². The largest absolute Gasteiger partial charge is 0.480 e. The lowest BCUT2D eigenvalue weighted by Gasteiger charge is -2.09. The number of aromatic nitrogens is 1. The fourth-order valence-corrected chi connectivity index (χ4v) is 2.57. The average molecular weight is 300 g/mol. The molecule has 7 nitrogen and oxygen atoms in total. The van der Waals surface area contributed by atoms with Crippen molar-refractivity contribution in [3.8, 4) is 5.88 Å². The van der Waals surface area contributed by atoms with Crippen molar-refractivity contribution in [2.24, 2.45) is 0 Å². The number of thiocarbonyl (C=S) groups is 1. The Balaban J connectivity index is 2.20. The van der Waals surface area contributed by atoms with Crippen LogP contribution >= 0.6 is 24.0 Å². The third-order valence-electron chi connectivity index (χ3n) is 2.16. The van der Waals surface area contributed by atoms with Gasteiger partial charge in [0.05, 0.1) is 12.0 Å². The second-order valence-corrected chi connectivity index (χ2v) is 5.11. The number of methoxy groups -OCH3 is 1. The Kier molecular flexibility index (Phi) is 3.86. The number of nitrogens with zero attached hydrogens (tertiary/aromatic N) is 2. The average Bonchev–Trinajstić information content (AvgIpc) is 2.90. The maximum atomic E-state index is 11.9. The van der Waals surface area contributed by atoms with E-state index in [9.17, 15) is 9.59 Å². The molecule has 0 bridgehead atoms. The van der Waals surface area contributed by atoms with E-state index in [4.69, 9.17) is 26.6 Å². The minimum absolute atomic E-state index is 0.199. The van der Waals surface area contributed by atoms with E-state index >= 15 is 0 Å². The molecule has 19 heavy (non-hydrogen) atoms. The first-order chi connectivity index (χ1) is 9.01. The van der Waals surface area contributed by atoms with E-state index in [0.717, 1.165) is 16.7 Å². The molecule has 1 N–H and O–H groups in total. The Morgan fingerprint density at radius 3 is 3.05 bits per heavy atom. The highest BCUT2D eigenvalue weighted by atomic mass is 32.2. The molecule has 2 rings (SSSR count). The molecule has 2 heterocycles. The molecule has 0 unspecified atom stereocenters. The van der Waals surface area contributed by atoms with Crippen LogP contribution in [0.1, 0.15) is 5.76 Å². The molecule has 0 aromatic carbocycles. The zero-order valence-electron chi connectivity index (χ0n) is 9.65. The number of carbonyl (C=O) groups excluding carboxylic acids is 1. The van der Waals surface area contributed by atoms with Crippen LogP contribution in [0.3, 0.4) is 0 Å². The van der Waals surface area contributed by atoms with E-state index in [1.54, 1.807) is 0 Å². The number of aliphatic carboxylic acids is 1. The third-order valence-corrected chi connectivity index (χ3v) is 3.53. The second kappa shape index (κ2) is 5.41. The fourth-order valence-electron chi connectivity index (χ4n) is 1.34. The summed E-state index contributed by atoms with van der Waals surface area (Å²) in [6.45, 7) is -0.457. The van der Waals surface area contributed by atoms with Crippen molar-refractivity contribution < 1.29 is 24.0 Å². The second-order valence-electron chi connectivity index (χ2n) is 3.43. The van der Waals surface area contributed by atoms with Crippen molar-refractivity contribution in [1.29, 1.82) is 0 Å². The molecular weight excluding hydrogens is 292 g/mol. The summed E-state index contributed by atoms with van der Waals surface area (Å²) < 4.78 is 9.96.